The van der Waals surface area contributed by atoms with Gasteiger partial charge in [-0.3, -0.25) is 9.58 Å². The molecule has 1 aliphatic heterocycles. The average molecular weight is 438 g/mol. The van der Waals surface area contributed by atoms with E-state index >= 15 is 0 Å². The molecule has 0 saturated carbocycles. The summed E-state index contributed by atoms with van der Waals surface area (Å²) in [6.07, 6.45) is 4.77. The summed E-state index contributed by atoms with van der Waals surface area (Å²) in [5, 5.41) is 9.17. The number of methoxy groups -OCH3 is 1. The normalized spacial score (nSPS) is 13.9. The molecule has 1 aliphatic rings. The van der Waals surface area contributed by atoms with Gasteiger partial charge >= 0.3 is 5.97 Å². The summed E-state index contributed by atoms with van der Waals surface area (Å²) in [5.41, 5.74) is 4.61. The molecule has 0 unspecified atom stereocenters. The van der Waals surface area contributed by atoms with Crippen LogP contribution >= 0.6 is 0 Å². The zero-order valence-corrected chi connectivity index (χ0v) is 19.2. The Balaban J connectivity index is 1.54. The van der Waals surface area contributed by atoms with Gasteiger partial charge in [0.1, 0.15) is 11.4 Å². The highest BCUT2D eigenvalue weighted by Crippen LogP contribution is 2.26. The molecule has 8 nitrogen and oxygen atoms in total. The first-order valence-electron chi connectivity index (χ1n) is 11.1. The summed E-state index contributed by atoms with van der Waals surface area (Å²) in [6.45, 7) is 9.59. The molecule has 0 saturated heterocycles. The largest absolute Gasteiger partial charge is 0.494 e. The van der Waals surface area contributed by atoms with Crippen molar-refractivity contribution >= 4 is 5.97 Å². The predicted octanol–water partition coefficient (Wildman–Crippen LogP) is 3.47. The third-order valence-corrected chi connectivity index (χ3v) is 5.59. The van der Waals surface area contributed by atoms with E-state index in [1.165, 1.54) is 0 Å². The summed E-state index contributed by atoms with van der Waals surface area (Å²) < 4.78 is 14.6. The molecule has 1 aromatic carbocycles. The molecule has 0 radical (unpaired) electrons. The Morgan fingerprint density at radius 3 is 2.81 bits per heavy atom. The molecule has 0 N–H and O–H groups in total. The second-order valence-corrected chi connectivity index (χ2v) is 8.50. The Morgan fingerprint density at radius 2 is 2.06 bits per heavy atom. The van der Waals surface area contributed by atoms with Crippen LogP contribution in [-0.4, -0.2) is 50.7 Å². The van der Waals surface area contributed by atoms with Crippen molar-refractivity contribution in [1.29, 1.82) is 0 Å². The second-order valence-electron chi connectivity index (χ2n) is 8.50. The van der Waals surface area contributed by atoms with Gasteiger partial charge in [-0.25, -0.2) is 9.48 Å². The first-order valence-corrected chi connectivity index (χ1v) is 11.1. The van der Waals surface area contributed by atoms with Crippen molar-refractivity contribution in [2.45, 2.75) is 46.8 Å². The van der Waals surface area contributed by atoms with Gasteiger partial charge in [-0.2, -0.15) is 10.2 Å². The monoisotopic (exact) mass is 437 g/mol. The van der Waals surface area contributed by atoms with Crippen LogP contribution in [0, 0.1) is 5.92 Å². The Bertz CT molecular complexity index is 1090. The molecule has 2 aromatic heterocycles. The molecule has 0 amide bonds. The number of aromatic nitrogens is 4. The van der Waals surface area contributed by atoms with Gasteiger partial charge in [0.15, 0.2) is 5.69 Å². The number of hydrogen-bond donors (Lipinski definition) is 0. The summed E-state index contributed by atoms with van der Waals surface area (Å²) in [5.74, 6) is 0.895. The number of hydrogen-bond acceptors (Lipinski definition) is 6. The van der Waals surface area contributed by atoms with Gasteiger partial charge in [0.05, 0.1) is 19.9 Å². The van der Waals surface area contributed by atoms with Crippen molar-refractivity contribution in [1.82, 2.24) is 24.5 Å². The van der Waals surface area contributed by atoms with Crippen LogP contribution in [0.25, 0.3) is 5.69 Å². The van der Waals surface area contributed by atoms with Crippen molar-refractivity contribution in [3.63, 3.8) is 0 Å². The van der Waals surface area contributed by atoms with Crippen LogP contribution in [0.3, 0.4) is 0 Å². The maximum Gasteiger partial charge on any atom is 0.359 e. The first kappa shape index (κ1) is 22.1. The molecular weight excluding hydrogens is 406 g/mol. The number of esters is 1. The fraction of sp³-hybridized carbons (Fsp3) is 0.458. The maximum absolute atomic E-state index is 12.6. The van der Waals surface area contributed by atoms with E-state index in [-0.39, 0.29) is 5.97 Å². The summed E-state index contributed by atoms with van der Waals surface area (Å²) >= 11 is 0. The molecule has 3 heterocycles. The van der Waals surface area contributed by atoms with Gasteiger partial charge in [-0.15, -0.1) is 0 Å². The first-order chi connectivity index (χ1) is 15.5. The van der Waals surface area contributed by atoms with E-state index in [2.05, 4.69) is 28.9 Å². The molecule has 0 aliphatic carbocycles. The van der Waals surface area contributed by atoms with Crippen LogP contribution in [-0.2, 0) is 30.8 Å². The molecule has 170 valence electrons. The fourth-order valence-corrected chi connectivity index (χ4v) is 4.19. The summed E-state index contributed by atoms with van der Waals surface area (Å²) in [7, 11) is 1.66. The lowest BCUT2D eigenvalue weighted by Crippen LogP contribution is -2.31. The van der Waals surface area contributed by atoms with E-state index in [9.17, 15) is 4.79 Å². The van der Waals surface area contributed by atoms with Gasteiger partial charge in [0.25, 0.3) is 0 Å². The zero-order chi connectivity index (χ0) is 22.7. The number of ether oxygens (including phenoxy) is 2. The molecule has 3 aromatic rings. The van der Waals surface area contributed by atoms with Crippen LogP contribution < -0.4 is 4.74 Å². The average Bonchev–Trinajstić information content (AvgIpc) is 3.38. The van der Waals surface area contributed by atoms with Gasteiger partial charge in [0, 0.05) is 55.6 Å². The molecular formula is C24H31N5O3. The molecule has 0 fully saturated rings. The van der Waals surface area contributed by atoms with Crippen molar-refractivity contribution in [2.24, 2.45) is 5.92 Å². The Labute approximate surface area is 188 Å². The van der Waals surface area contributed by atoms with Crippen LogP contribution in [0.15, 0.2) is 36.7 Å². The van der Waals surface area contributed by atoms with Gasteiger partial charge in [0.2, 0.25) is 0 Å². The molecule has 0 atom stereocenters. The topological polar surface area (TPSA) is 74.4 Å². The van der Waals surface area contributed by atoms with Crippen molar-refractivity contribution in [3.8, 4) is 11.4 Å². The van der Waals surface area contributed by atoms with Crippen molar-refractivity contribution < 1.29 is 14.3 Å². The quantitative estimate of drug-likeness (QED) is 0.503. The van der Waals surface area contributed by atoms with Crippen LogP contribution in [0.5, 0.6) is 5.75 Å². The van der Waals surface area contributed by atoms with E-state index in [1.807, 2.05) is 52.9 Å². The minimum atomic E-state index is -0.336. The number of carbonyl (C=O) groups is 1. The van der Waals surface area contributed by atoms with E-state index in [1.54, 1.807) is 7.11 Å². The highest BCUT2D eigenvalue weighted by Gasteiger charge is 2.29. The van der Waals surface area contributed by atoms with Crippen molar-refractivity contribution in [3.05, 3.63) is 59.2 Å². The number of carbonyl (C=O) groups excluding carboxylic acids is 1. The maximum atomic E-state index is 12.6. The number of fused-ring (bicyclic) bond motifs is 1. The SMILES string of the molecule is CCOC(=O)c1nn(CC(C)C)c2c1CN(Cc1cnn(-c3ccccc3OC)c1)CC2. The number of rotatable bonds is 8. The van der Waals surface area contributed by atoms with Crippen LogP contribution in [0.2, 0.25) is 0 Å². The fourth-order valence-electron chi connectivity index (χ4n) is 4.19. The highest BCUT2D eigenvalue weighted by molar-refractivity contribution is 5.89. The minimum absolute atomic E-state index is 0.336. The lowest BCUT2D eigenvalue weighted by atomic mass is 10.0. The highest BCUT2D eigenvalue weighted by atomic mass is 16.5. The zero-order valence-electron chi connectivity index (χ0n) is 19.2. The third kappa shape index (κ3) is 4.55. The Kier molecular flexibility index (Phi) is 6.60. The number of para-hydroxylation sites is 2. The molecule has 0 bridgehead atoms. The predicted molar refractivity (Wildman–Crippen MR) is 121 cm³/mol. The second kappa shape index (κ2) is 9.56. The molecule has 0 spiro atoms. The molecule has 8 heteroatoms. The van der Waals surface area contributed by atoms with E-state index in [0.717, 1.165) is 54.3 Å². The Morgan fingerprint density at radius 1 is 1.25 bits per heavy atom. The smallest absolute Gasteiger partial charge is 0.359 e. The van der Waals surface area contributed by atoms with Gasteiger partial charge in [-0.05, 0) is 25.0 Å². The van der Waals surface area contributed by atoms with Crippen LogP contribution in [0.4, 0.5) is 0 Å². The standard InChI is InChI=1S/C24H31N5O3/c1-5-32-24(30)23-19-16-27(11-10-20(19)29(26-23)13-17(2)3)14-18-12-25-28(15-18)21-8-6-7-9-22(21)31-4/h6-9,12,15,17H,5,10-11,13-14,16H2,1-4H3. The third-order valence-electron chi connectivity index (χ3n) is 5.59. The van der Waals surface area contributed by atoms with Gasteiger partial charge in [-0.1, -0.05) is 26.0 Å². The summed E-state index contributed by atoms with van der Waals surface area (Å²) in [6, 6.07) is 7.82. The summed E-state index contributed by atoms with van der Waals surface area (Å²) in [4.78, 5) is 14.9. The number of benzene rings is 1. The van der Waals surface area contributed by atoms with E-state index in [4.69, 9.17) is 9.47 Å². The number of nitrogens with zero attached hydrogens (tertiary/aromatic N) is 5. The molecule has 4 rings (SSSR count). The lowest BCUT2D eigenvalue weighted by molar-refractivity contribution is 0.0515. The minimum Gasteiger partial charge on any atom is -0.494 e. The van der Waals surface area contributed by atoms with Crippen LogP contribution in [0.1, 0.15) is 48.1 Å². The molecule has 32 heavy (non-hydrogen) atoms. The Hall–Kier alpha value is -3.13. The van der Waals surface area contributed by atoms with Crippen molar-refractivity contribution in [2.75, 3.05) is 20.3 Å². The lowest BCUT2D eigenvalue weighted by Gasteiger charge is -2.27. The van der Waals surface area contributed by atoms with Gasteiger partial charge < -0.3 is 9.47 Å². The van der Waals surface area contributed by atoms with E-state index < -0.39 is 0 Å². The van der Waals surface area contributed by atoms with E-state index in [0.29, 0.717) is 24.8 Å².